The summed E-state index contributed by atoms with van der Waals surface area (Å²) in [6, 6.07) is 0.384. The van der Waals surface area contributed by atoms with Crippen LogP contribution in [0.15, 0.2) is 4.99 Å². The Morgan fingerprint density at radius 3 is 2.22 bits per heavy atom. The van der Waals surface area contributed by atoms with Gasteiger partial charge in [0.25, 0.3) is 0 Å². The third-order valence-corrected chi connectivity index (χ3v) is 5.86. The van der Waals surface area contributed by atoms with E-state index in [4.69, 9.17) is 0 Å². The molecule has 1 saturated heterocycles. The van der Waals surface area contributed by atoms with Crippen molar-refractivity contribution in [1.82, 2.24) is 15.5 Å². The van der Waals surface area contributed by atoms with Crippen LogP contribution in [-0.2, 0) is 4.79 Å². The Kier molecular flexibility index (Phi) is 5.79. The van der Waals surface area contributed by atoms with Gasteiger partial charge in [-0.05, 0) is 37.5 Å². The Bertz CT molecular complexity index is 417. The van der Waals surface area contributed by atoms with Crippen LogP contribution in [0.4, 0.5) is 0 Å². The van der Waals surface area contributed by atoms with E-state index in [1.165, 1.54) is 44.9 Å². The minimum absolute atomic E-state index is 0.106. The summed E-state index contributed by atoms with van der Waals surface area (Å²) in [6.45, 7) is 2.55. The minimum atomic E-state index is 0.106. The zero-order valence-corrected chi connectivity index (χ0v) is 14.5. The summed E-state index contributed by atoms with van der Waals surface area (Å²) < 4.78 is 0. The number of rotatable bonds is 3. The van der Waals surface area contributed by atoms with Gasteiger partial charge in [0.15, 0.2) is 5.96 Å². The Balaban J connectivity index is 1.43. The van der Waals surface area contributed by atoms with Crippen LogP contribution in [0, 0.1) is 11.8 Å². The normalized spacial score (nSPS) is 29.3. The summed E-state index contributed by atoms with van der Waals surface area (Å²) in [5, 5.41) is 6.44. The standard InChI is InChI=1S/C18H32N4O/c1-19-18(22-12-14-7-5-6-8-15(14)13-22)20-11-17(23)21-16-9-3-2-4-10-16/h14-16H,2-13H2,1H3,(H,19,20)(H,21,23). The van der Waals surface area contributed by atoms with Gasteiger partial charge in [-0.1, -0.05) is 32.1 Å². The number of carbonyl (C=O) groups excluding carboxylic acids is 1. The Morgan fingerprint density at radius 1 is 1.00 bits per heavy atom. The highest BCUT2D eigenvalue weighted by Gasteiger charge is 2.35. The molecule has 0 aromatic rings. The number of hydrogen-bond donors (Lipinski definition) is 2. The molecule has 0 spiro atoms. The molecule has 0 aromatic heterocycles. The van der Waals surface area contributed by atoms with E-state index < -0.39 is 0 Å². The molecule has 0 radical (unpaired) electrons. The minimum Gasteiger partial charge on any atom is -0.352 e. The van der Waals surface area contributed by atoms with Gasteiger partial charge < -0.3 is 15.5 Å². The summed E-state index contributed by atoms with van der Waals surface area (Å²) in [4.78, 5) is 18.9. The second-order valence-corrected chi connectivity index (χ2v) is 7.51. The van der Waals surface area contributed by atoms with Crippen LogP contribution in [0.25, 0.3) is 0 Å². The number of fused-ring (bicyclic) bond motifs is 1. The smallest absolute Gasteiger partial charge is 0.239 e. The van der Waals surface area contributed by atoms with Crippen molar-refractivity contribution in [1.29, 1.82) is 0 Å². The number of hydrogen-bond acceptors (Lipinski definition) is 2. The van der Waals surface area contributed by atoms with Crippen molar-refractivity contribution in [3.8, 4) is 0 Å². The largest absolute Gasteiger partial charge is 0.352 e. The first kappa shape index (κ1) is 16.6. The van der Waals surface area contributed by atoms with Crippen molar-refractivity contribution >= 4 is 11.9 Å². The summed E-state index contributed by atoms with van der Waals surface area (Å²) in [6.07, 6.45) is 11.6. The highest BCUT2D eigenvalue weighted by molar-refractivity contribution is 5.86. The first-order chi connectivity index (χ1) is 11.3. The van der Waals surface area contributed by atoms with Gasteiger partial charge >= 0.3 is 0 Å². The van der Waals surface area contributed by atoms with Crippen LogP contribution in [-0.4, -0.2) is 49.5 Å². The van der Waals surface area contributed by atoms with Crippen LogP contribution in [0.2, 0.25) is 0 Å². The maximum absolute atomic E-state index is 12.2. The Morgan fingerprint density at radius 2 is 1.61 bits per heavy atom. The monoisotopic (exact) mass is 320 g/mol. The van der Waals surface area contributed by atoms with Crippen molar-refractivity contribution in [3.63, 3.8) is 0 Å². The van der Waals surface area contributed by atoms with Gasteiger partial charge in [-0.15, -0.1) is 0 Å². The molecule has 2 aliphatic carbocycles. The van der Waals surface area contributed by atoms with Gasteiger partial charge in [0.1, 0.15) is 0 Å². The summed E-state index contributed by atoms with van der Waals surface area (Å²) >= 11 is 0. The number of likely N-dealkylation sites (tertiary alicyclic amines) is 1. The average Bonchev–Trinajstić information content (AvgIpc) is 3.00. The number of guanidine groups is 1. The molecule has 2 unspecified atom stereocenters. The molecule has 3 fully saturated rings. The fraction of sp³-hybridized carbons (Fsp3) is 0.889. The molecule has 130 valence electrons. The third kappa shape index (κ3) is 4.39. The molecule has 5 nitrogen and oxygen atoms in total. The topological polar surface area (TPSA) is 56.7 Å². The summed E-state index contributed by atoms with van der Waals surface area (Å²) in [5.41, 5.74) is 0. The van der Waals surface area contributed by atoms with Crippen LogP contribution in [0.5, 0.6) is 0 Å². The van der Waals surface area contributed by atoms with Gasteiger partial charge in [-0.3, -0.25) is 9.79 Å². The second kappa shape index (κ2) is 8.02. The lowest BCUT2D eigenvalue weighted by atomic mass is 9.82. The number of carbonyl (C=O) groups is 1. The highest BCUT2D eigenvalue weighted by Crippen LogP contribution is 2.35. The van der Waals surface area contributed by atoms with E-state index in [0.717, 1.165) is 43.7 Å². The van der Waals surface area contributed by atoms with E-state index in [0.29, 0.717) is 12.6 Å². The van der Waals surface area contributed by atoms with E-state index in [9.17, 15) is 4.79 Å². The number of aliphatic imine (C=N–C) groups is 1. The molecule has 1 aliphatic heterocycles. The molecule has 5 heteroatoms. The zero-order chi connectivity index (χ0) is 16.1. The SMILES string of the molecule is CN=C(NCC(=O)NC1CCCCC1)N1CC2CCCCC2C1. The molecule has 1 amide bonds. The fourth-order valence-corrected chi connectivity index (χ4v) is 4.60. The van der Waals surface area contributed by atoms with Crippen LogP contribution < -0.4 is 10.6 Å². The lowest BCUT2D eigenvalue weighted by molar-refractivity contribution is -0.120. The van der Waals surface area contributed by atoms with Gasteiger partial charge in [-0.2, -0.15) is 0 Å². The molecule has 3 aliphatic rings. The number of amides is 1. The molecule has 1 heterocycles. The van der Waals surface area contributed by atoms with Crippen molar-refractivity contribution in [2.75, 3.05) is 26.7 Å². The van der Waals surface area contributed by atoms with E-state index >= 15 is 0 Å². The lowest BCUT2D eigenvalue weighted by Crippen LogP contribution is -2.47. The first-order valence-electron chi connectivity index (χ1n) is 9.51. The average molecular weight is 320 g/mol. The van der Waals surface area contributed by atoms with Crippen LogP contribution in [0.1, 0.15) is 57.8 Å². The maximum atomic E-state index is 12.2. The molecule has 2 N–H and O–H groups in total. The highest BCUT2D eigenvalue weighted by atomic mass is 16.2. The molecule has 23 heavy (non-hydrogen) atoms. The number of nitrogens with one attached hydrogen (secondary N) is 2. The molecule has 0 aromatic carbocycles. The molecule has 3 rings (SSSR count). The fourth-order valence-electron chi connectivity index (χ4n) is 4.60. The van der Waals surface area contributed by atoms with Gasteiger partial charge in [-0.25, -0.2) is 0 Å². The molecule has 2 atom stereocenters. The van der Waals surface area contributed by atoms with E-state index in [2.05, 4.69) is 20.5 Å². The Hall–Kier alpha value is -1.26. The molecule has 2 saturated carbocycles. The van der Waals surface area contributed by atoms with Crippen LogP contribution >= 0.6 is 0 Å². The summed E-state index contributed by atoms with van der Waals surface area (Å²) in [5.74, 6) is 2.67. The van der Waals surface area contributed by atoms with E-state index in [-0.39, 0.29) is 5.91 Å². The predicted molar refractivity (Wildman–Crippen MR) is 93.4 cm³/mol. The lowest BCUT2D eigenvalue weighted by Gasteiger charge is -2.24. The van der Waals surface area contributed by atoms with Gasteiger partial charge in [0, 0.05) is 26.2 Å². The van der Waals surface area contributed by atoms with Crippen molar-refractivity contribution in [3.05, 3.63) is 0 Å². The van der Waals surface area contributed by atoms with Crippen molar-refractivity contribution in [2.45, 2.75) is 63.8 Å². The van der Waals surface area contributed by atoms with Gasteiger partial charge in [0.05, 0.1) is 6.54 Å². The maximum Gasteiger partial charge on any atom is 0.239 e. The molecular formula is C18H32N4O. The zero-order valence-electron chi connectivity index (χ0n) is 14.5. The Labute approximate surface area is 140 Å². The van der Waals surface area contributed by atoms with Crippen molar-refractivity contribution in [2.24, 2.45) is 16.8 Å². The number of nitrogens with zero attached hydrogens (tertiary/aromatic N) is 2. The van der Waals surface area contributed by atoms with E-state index in [1.54, 1.807) is 0 Å². The first-order valence-corrected chi connectivity index (χ1v) is 9.51. The van der Waals surface area contributed by atoms with Gasteiger partial charge in [0.2, 0.25) is 5.91 Å². The predicted octanol–water partition coefficient (Wildman–Crippen LogP) is 2.13. The van der Waals surface area contributed by atoms with E-state index in [1.807, 2.05) is 7.05 Å². The quantitative estimate of drug-likeness (QED) is 0.619. The second-order valence-electron chi connectivity index (χ2n) is 7.51. The third-order valence-electron chi connectivity index (χ3n) is 5.86. The molecule has 0 bridgehead atoms. The van der Waals surface area contributed by atoms with Crippen LogP contribution in [0.3, 0.4) is 0 Å². The molecular weight excluding hydrogens is 288 g/mol. The van der Waals surface area contributed by atoms with Crippen molar-refractivity contribution < 1.29 is 4.79 Å². The summed E-state index contributed by atoms with van der Waals surface area (Å²) in [7, 11) is 1.82.